The maximum absolute atomic E-state index is 12.2. The third kappa shape index (κ3) is 3.65. The van der Waals surface area contributed by atoms with E-state index in [1.807, 2.05) is 29.2 Å². The van der Waals surface area contributed by atoms with E-state index in [4.69, 9.17) is 0 Å². The Morgan fingerprint density at radius 1 is 1.36 bits per heavy atom. The van der Waals surface area contributed by atoms with Gasteiger partial charge < -0.3 is 15.5 Å². The van der Waals surface area contributed by atoms with Crippen LogP contribution in [0, 0.1) is 5.92 Å². The van der Waals surface area contributed by atoms with Crippen molar-refractivity contribution in [2.24, 2.45) is 5.92 Å². The maximum Gasteiger partial charge on any atom is 0.228 e. The molecule has 2 aliphatic rings. The second-order valence-electron chi connectivity index (χ2n) is 6.15. The highest BCUT2D eigenvalue weighted by Gasteiger charge is 2.22. The van der Waals surface area contributed by atoms with Gasteiger partial charge in [0.2, 0.25) is 11.8 Å². The highest BCUT2D eigenvalue weighted by atomic mass is 16.2. The highest BCUT2D eigenvalue weighted by molar-refractivity contribution is 5.93. The Bertz CT molecular complexity index is 553. The zero-order chi connectivity index (χ0) is 15.4. The fourth-order valence-electron chi connectivity index (χ4n) is 3.12. The van der Waals surface area contributed by atoms with E-state index >= 15 is 0 Å². The number of anilines is 1. The molecule has 0 saturated carbocycles. The van der Waals surface area contributed by atoms with Gasteiger partial charge in [-0.15, -0.1) is 0 Å². The lowest BCUT2D eigenvalue weighted by molar-refractivity contribution is -0.133. The molecule has 1 aromatic rings. The molecule has 1 unspecified atom stereocenters. The number of hydrogen-bond donors (Lipinski definition) is 2. The number of amides is 2. The number of benzene rings is 1. The van der Waals surface area contributed by atoms with Crippen LogP contribution in [-0.2, 0) is 16.1 Å². The van der Waals surface area contributed by atoms with E-state index in [0.717, 1.165) is 50.1 Å². The van der Waals surface area contributed by atoms with Gasteiger partial charge in [0.1, 0.15) is 0 Å². The molecule has 118 valence electrons. The van der Waals surface area contributed by atoms with Crippen LogP contribution in [0.15, 0.2) is 24.3 Å². The zero-order valence-corrected chi connectivity index (χ0v) is 12.8. The van der Waals surface area contributed by atoms with Gasteiger partial charge in [0.05, 0.1) is 5.92 Å². The molecule has 5 heteroatoms. The summed E-state index contributed by atoms with van der Waals surface area (Å²) in [6, 6.07) is 7.82. The molecule has 5 nitrogen and oxygen atoms in total. The van der Waals surface area contributed by atoms with Crippen LogP contribution in [0.1, 0.15) is 31.2 Å². The molecular weight excluding hydrogens is 278 g/mol. The molecule has 0 aromatic heterocycles. The van der Waals surface area contributed by atoms with Crippen molar-refractivity contribution in [1.29, 1.82) is 0 Å². The number of carbonyl (C=O) groups is 2. The average Bonchev–Trinajstić information content (AvgIpc) is 3.04. The SMILES string of the molecule is O=C(Nc1cccc(CN2CCCCC2=O)c1)C1CCNC1. The van der Waals surface area contributed by atoms with E-state index in [-0.39, 0.29) is 17.7 Å². The van der Waals surface area contributed by atoms with Crippen molar-refractivity contribution in [3.8, 4) is 0 Å². The summed E-state index contributed by atoms with van der Waals surface area (Å²) in [5.74, 6) is 0.376. The minimum absolute atomic E-state index is 0.0623. The Hall–Kier alpha value is -1.88. The van der Waals surface area contributed by atoms with Gasteiger partial charge in [-0.25, -0.2) is 0 Å². The fourth-order valence-corrected chi connectivity index (χ4v) is 3.12. The Balaban J connectivity index is 1.61. The van der Waals surface area contributed by atoms with Crippen molar-refractivity contribution >= 4 is 17.5 Å². The smallest absolute Gasteiger partial charge is 0.228 e. The monoisotopic (exact) mass is 301 g/mol. The van der Waals surface area contributed by atoms with Gasteiger partial charge in [0.15, 0.2) is 0 Å². The molecule has 2 amide bonds. The second kappa shape index (κ2) is 6.92. The van der Waals surface area contributed by atoms with Gasteiger partial charge in [-0.3, -0.25) is 9.59 Å². The van der Waals surface area contributed by atoms with E-state index < -0.39 is 0 Å². The Morgan fingerprint density at radius 3 is 3.05 bits per heavy atom. The molecule has 0 aliphatic carbocycles. The number of hydrogen-bond acceptors (Lipinski definition) is 3. The summed E-state index contributed by atoms with van der Waals surface area (Å²) in [4.78, 5) is 25.9. The summed E-state index contributed by atoms with van der Waals surface area (Å²) in [7, 11) is 0. The highest BCUT2D eigenvalue weighted by Crippen LogP contribution is 2.18. The predicted molar refractivity (Wildman–Crippen MR) is 85.3 cm³/mol. The predicted octanol–water partition coefficient (Wildman–Crippen LogP) is 1.75. The minimum Gasteiger partial charge on any atom is -0.338 e. The molecule has 2 saturated heterocycles. The molecule has 2 fully saturated rings. The largest absolute Gasteiger partial charge is 0.338 e. The first-order valence-corrected chi connectivity index (χ1v) is 8.11. The molecule has 2 N–H and O–H groups in total. The van der Waals surface area contributed by atoms with Gasteiger partial charge in [-0.05, 0) is 43.5 Å². The maximum atomic E-state index is 12.2. The Kier molecular flexibility index (Phi) is 4.73. The van der Waals surface area contributed by atoms with Crippen molar-refractivity contribution in [2.45, 2.75) is 32.2 Å². The third-order valence-electron chi connectivity index (χ3n) is 4.42. The first kappa shape index (κ1) is 15.0. The molecular formula is C17H23N3O2. The van der Waals surface area contributed by atoms with Crippen molar-refractivity contribution in [2.75, 3.05) is 25.0 Å². The topological polar surface area (TPSA) is 61.4 Å². The summed E-state index contributed by atoms with van der Waals surface area (Å²) in [5.41, 5.74) is 1.89. The molecule has 2 aliphatic heterocycles. The van der Waals surface area contributed by atoms with Crippen molar-refractivity contribution in [3.05, 3.63) is 29.8 Å². The average molecular weight is 301 g/mol. The molecule has 22 heavy (non-hydrogen) atoms. The molecule has 1 atom stereocenters. The first-order valence-electron chi connectivity index (χ1n) is 8.11. The van der Waals surface area contributed by atoms with Gasteiger partial charge in [-0.2, -0.15) is 0 Å². The number of nitrogens with zero attached hydrogens (tertiary/aromatic N) is 1. The Morgan fingerprint density at radius 2 is 2.27 bits per heavy atom. The van der Waals surface area contributed by atoms with Crippen molar-refractivity contribution in [3.63, 3.8) is 0 Å². The van der Waals surface area contributed by atoms with E-state index in [1.165, 1.54) is 0 Å². The van der Waals surface area contributed by atoms with Crippen LogP contribution in [0.2, 0.25) is 0 Å². The van der Waals surface area contributed by atoms with Crippen LogP contribution in [-0.4, -0.2) is 36.3 Å². The zero-order valence-electron chi connectivity index (χ0n) is 12.8. The van der Waals surface area contributed by atoms with E-state index in [9.17, 15) is 9.59 Å². The molecule has 0 radical (unpaired) electrons. The summed E-state index contributed by atoms with van der Waals surface area (Å²) in [6.45, 7) is 3.14. The molecule has 0 bridgehead atoms. The summed E-state index contributed by atoms with van der Waals surface area (Å²) >= 11 is 0. The molecule has 0 spiro atoms. The Labute approximate surface area is 131 Å². The number of rotatable bonds is 4. The van der Waals surface area contributed by atoms with E-state index in [0.29, 0.717) is 13.0 Å². The van der Waals surface area contributed by atoms with Gasteiger partial charge >= 0.3 is 0 Å². The molecule has 2 heterocycles. The van der Waals surface area contributed by atoms with Crippen LogP contribution < -0.4 is 10.6 Å². The van der Waals surface area contributed by atoms with Crippen molar-refractivity contribution in [1.82, 2.24) is 10.2 Å². The van der Waals surface area contributed by atoms with Crippen LogP contribution in [0.3, 0.4) is 0 Å². The lowest BCUT2D eigenvalue weighted by atomic mass is 10.1. The van der Waals surface area contributed by atoms with Gasteiger partial charge in [0.25, 0.3) is 0 Å². The number of nitrogens with one attached hydrogen (secondary N) is 2. The van der Waals surface area contributed by atoms with Gasteiger partial charge in [-0.1, -0.05) is 12.1 Å². The van der Waals surface area contributed by atoms with Crippen LogP contribution in [0.5, 0.6) is 0 Å². The fraction of sp³-hybridized carbons (Fsp3) is 0.529. The van der Waals surface area contributed by atoms with Crippen LogP contribution >= 0.6 is 0 Å². The number of likely N-dealkylation sites (tertiary alicyclic amines) is 1. The summed E-state index contributed by atoms with van der Waals surface area (Å²) in [6.07, 6.45) is 3.64. The minimum atomic E-state index is 0.0623. The molecule has 3 rings (SSSR count). The summed E-state index contributed by atoms with van der Waals surface area (Å²) < 4.78 is 0. The lowest BCUT2D eigenvalue weighted by Gasteiger charge is -2.26. The quantitative estimate of drug-likeness (QED) is 0.890. The standard InChI is InChI=1S/C17H23N3O2/c21-16-6-1-2-9-20(16)12-13-4-3-5-15(10-13)19-17(22)14-7-8-18-11-14/h3-5,10,14,18H,1-2,6-9,11-12H2,(H,19,22). The van der Waals surface area contributed by atoms with E-state index in [1.54, 1.807) is 0 Å². The normalized spacial score (nSPS) is 21.9. The van der Waals surface area contributed by atoms with E-state index in [2.05, 4.69) is 10.6 Å². The van der Waals surface area contributed by atoms with Crippen LogP contribution in [0.25, 0.3) is 0 Å². The summed E-state index contributed by atoms with van der Waals surface area (Å²) in [5, 5.41) is 6.19. The van der Waals surface area contributed by atoms with Crippen molar-refractivity contribution < 1.29 is 9.59 Å². The van der Waals surface area contributed by atoms with Gasteiger partial charge in [0, 0.05) is 31.7 Å². The first-order chi connectivity index (χ1) is 10.7. The third-order valence-corrected chi connectivity index (χ3v) is 4.42. The molecule has 1 aromatic carbocycles. The number of piperidine rings is 1. The lowest BCUT2D eigenvalue weighted by Crippen LogP contribution is -2.34. The second-order valence-corrected chi connectivity index (χ2v) is 6.15. The number of carbonyl (C=O) groups excluding carboxylic acids is 2. The van der Waals surface area contributed by atoms with Crippen LogP contribution in [0.4, 0.5) is 5.69 Å².